The molecule has 2 aliphatic heterocycles. The van der Waals surface area contributed by atoms with Crippen LogP contribution in [0.15, 0.2) is 42.9 Å². The Bertz CT molecular complexity index is 1010. The average Bonchev–Trinajstić information content (AvgIpc) is 3.19. The smallest absolute Gasteiger partial charge is 0.247 e. The number of ether oxygens (including phenoxy) is 1. The number of aryl methyl sites for hydroxylation is 1. The van der Waals surface area contributed by atoms with Gasteiger partial charge >= 0.3 is 0 Å². The number of hydrogen-bond acceptors (Lipinski definition) is 7. The van der Waals surface area contributed by atoms with Crippen molar-refractivity contribution in [2.24, 2.45) is 0 Å². The predicted octanol–water partition coefficient (Wildman–Crippen LogP) is 2.37. The molecule has 2 fully saturated rings. The lowest BCUT2D eigenvalue weighted by atomic mass is 10.1. The molecule has 3 aromatic rings. The number of hydrogen-bond donors (Lipinski definition) is 1. The molecule has 2 aromatic heterocycles. The molecule has 2 aliphatic rings. The summed E-state index contributed by atoms with van der Waals surface area (Å²) in [5.74, 6) is 0.694. The molecular formula is C21H24FN7O. The van der Waals surface area contributed by atoms with E-state index in [9.17, 15) is 0 Å². The summed E-state index contributed by atoms with van der Waals surface area (Å²) < 4.78 is 22.2. The monoisotopic (exact) mass is 409 g/mol. The van der Waals surface area contributed by atoms with Crippen molar-refractivity contribution in [1.82, 2.24) is 24.6 Å². The molecule has 30 heavy (non-hydrogen) atoms. The summed E-state index contributed by atoms with van der Waals surface area (Å²) in [6.45, 7) is 7.01. The fourth-order valence-electron chi connectivity index (χ4n) is 3.87. The maximum atomic E-state index is 15.4. The summed E-state index contributed by atoms with van der Waals surface area (Å²) in [6.07, 6.45) is 3.25. The van der Waals surface area contributed by atoms with E-state index in [1.807, 2.05) is 31.2 Å². The van der Waals surface area contributed by atoms with Crippen molar-refractivity contribution >= 4 is 17.3 Å². The van der Waals surface area contributed by atoms with Crippen molar-refractivity contribution in [3.8, 4) is 5.82 Å². The first-order chi connectivity index (χ1) is 14.7. The van der Waals surface area contributed by atoms with Crippen LogP contribution in [0.1, 0.15) is 5.56 Å². The molecule has 0 atom stereocenters. The number of nitrogens with zero attached hydrogens (tertiary/aromatic N) is 6. The quantitative estimate of drug-likeness (QED) is 0.694. The number of pyridine rings is 1. The van der Waals surface area contributed by atoms with Gasteiger partial charge in [0.05, 0.1) is 30.6 Å². The second-order valence-electron chi connectivity index (χ2n) is 7.69. The maximum absolute atomic E-state index is 15.4. The van der Waals surface area contributed by atoms with Gasteiger partial charge in [-0.2, -0.15) is 4.98 Å². The second kappa shape index (κ2) is 8.00. The van der Waals surface area contributed by atoms with E-state index in [2.05, 4.69) is 30.2 Å². The van der Waals surface area contributed by atoms with E-state index in [1.54, 1.807) is 23.3 Å². The molecule has 0 unspecified atom stereocenters. The largest absolute Gasteiger partial charge is 0.378 e. The zero-order valence-corrected chi connectivity index (χ0v) is 16.8. The summed E-state index contributed by atoms with van der Waals surface area (Å²) in [7, 11) is 0. The molecule has 5 rings (SSSR count). The van der Waals surface area contributed by atoms with E-state index in [0.29, 0.717) is 29.2 Å². The zero-order chi connectivity index (χ0) is 20.5. The molecule has 8 nitrogen and oxygen atoms in total. The van der Waals surface area contributed by atoms with Gasteiger partial charge in [0.2, 0.25) is 5.95 Å². The number of benzene rings is 1. The van der Waals surface area contributed by atoms with Crippen LogP contribution in [-0.4, -0.2) is 70.1 Å². The Morgan fingerprint density at radius 1 is 1.10 bits per heavy atom. The maximum Gasteiger partial charge on any atom is 0.247 e. The highest BCUT2D eigenvalue weighted by Gasteiger charge is 2.30. The number of aromatic nitrogens is 4. The number of rotatable bonds is 5. The highest BCUT2D eigenvalue weighted by molar-refractivity contribution is 5.65. The molecule has 0 aliphatic carbocycles. The first kappa shape index (κ1) is 19.0. The Morgan fingerprint density at radius 3 is 2.63 bits per heavy atom. The van der Waals surface area contributed by atoms with Gasteiger partial charge in [0.25, 0.3) is 0 Å². The summed E-state index contributed by atoms with van der Waals surface area (Å²) in [4.78, 5) is 13.0. The van der Waals surface area contributed by atoms with Crippen LogP contribution in [0, 0.1) is 12.7 Å². The number of piperazine rings is 1. The lowest BCUT2D eigenvalue weighted by molar-refractivity contribution is -0.0660. The highest BCUT2D eigenvalue weighted by Crippen LogP contribution is 2.30. The fourth-order valence-corrected chi connectivity index (χ4v) is 3.87. The topological polar surface area (TPSA) is 71.3 Å². The average molecular weight is 409 g/mol. The Labute approximate surface area is 174 Å². The first-order valence-electron chi connectivity index (χ1n) is 10.1. The van der Waals surface area contributed by atoms with Gasteiger partial charge in [0.1, 0.15) is 6.33 Å². The highest BCUT2D eigenvalue weighted by atomic mass is 19.1. The summed E-state index contributed by atoms with van der Waals surface area (Å²) in [5, 5.41) is 7.40. The van der Waals surface area contributed by atoms with Crippen LogP contribution >= 0.6 is 0 Å². The van der Waals surface area contributed by atoms with E-state index in [-0.39, 0.29) is 5.82 Å². The van der Waals surface area contributed by atoms with Crippen molar-refractivity contribution in [2.75, 3.05) is 49.6 Å². The Kier molecular flexibility index (Phi) is 5.06. The van der Waals surface area contributed by atoms with E-state index in [1.165, 1.54) is 0 Å². The second-order valence-corrected chi connectivity index (χ2v) is 7.69. The van der Waals surface area contributed by atoms with Crippen molar-refractivity contribution < 1.29 is 9.13 Å². The van der Waals surface area contributed by atoms with Crippen molar-refractivity contribution in [1.29, 1.82) is 0 Å². The van der Waals surface area contributed by atoms with Gasteiger partial charge in [-0.3, -0.25) is 4.90 Å². The molecule has 1 aromatic carbocycles. The number of nitrogens with one attached hydrogen (secondary N) is 1. The number of anilines is 3. The normalized spacial score (nSPS) is 17.7. The summed E-state index contributed by atoms with van der Waals surface area (Å²) >= 11 is 0. The molecule has 1 N–H and O–H groups in total. The van der Waals surface area contributed by atoms with E-state index in [4.69, 9.17) is 4.74 Å². The van der Waals surface area contributed by atoms with Crippen LogP contribution in [0.2, 0.25) is 0 Å². The lowest BCUT2D eigenvalue weighted by Gasteiger charge is -2.43. The predicted molar refractivity (Wildman–Crippen MR) is 112 cm³/mol. The van der Waals surface area contributed by atoms with Crippen LogP contribution in [0.4, 0.5) is 21.7 Å². The van der Waals surface area contributed by atoms with Crippen molar-refractivity contribution in [3.63, 3.8) is 0 Å². The number of halogens is 1. The van der Waals surface area contributed by atoms with Gasteiger partial charge in [-0.1, -0.05) is 6.07 Å². The van der Waals surface area contributed by atoms with Crippen molar-refractivity contribution in [2.45, 2.75) is 13.0 Å². The fraction of sp³-hybridized carbons (Fsp3) is 0.381. The lowest BCUT2D eigenvalue weighted by Crippen LogP contribution is -2.56. The standard InChI is InChI=1S/C21H24FN7O/c1-15-10-17(25-21-24-14-29(26-21)19-4-2-3-5-23-19)20(22)18(11-15)28-8-6-27(7-9-28)16-12-30-13-16/h2-5,10-11,14,16H,6-9,12-13H2,1H3,(H,25,26). The molecule has 0 saturated carbocycles. The van der Waals surface area contributed by atoms with Crippen LogP contribution < -0.4 is 10.2 Å². The van der Waals surface area contributed by atoms with Gasteiger partial charge in [0.15, 0.2) is 11.6 Å². The molecule has 0 spiro atoms. The van der Waals surface area contributed by atoms with Crippen LogP contribution in [0.3, 0.4) is 0 Å². The SMILES string of the molecule is Cc1cc(Nc2ncn(-c3ccccn3)n2)c(F)c(N2CCN(C3COC3)CC2)c1. The van der Waals surface area contributed by atoms with Crippen LogP contribution in [0.5, 0.6) is 0 Å². The molecular weight excluding hydrogens is 385 g/mol. The Hall–Kier alpha value is -3.04. The van der Waals surface area contributed by atoms with E-state index < -0.39 is 0 Å². The molecule has 9 heteroatoms. The minimum absolute atomic E-state index is 0.282. The third kappa shape index (κ3) is 3.73. The third-order valence-corrected chi connectivity index (χ3v) is 5.61. The van der Waals surface area contributed by atoms with Gasteiger partial charge in [-0.05, 0) is 36.8 Å². The zero-order valence-electron chi connectivity index (χ0n) is 16.8. The van der Waals surface area contributed by atoms with Crippen LogP contribution in [-0.2, 0) is 4.74 Å². The Morgan fingerprint density at radius 2 is 1.93 bits per heavy atom. The van der Waals surface area contributed by atoms with E-state index in [0.717, 1.165) is 45.0 Å². The molecule has 2 saturated heterocycles. The summed E-state index contributed by atoms with van der Waals surface area (Å²) in [5.41, 5.74) is 1.97. The molecule has 0 bridgehead atoms. The van der Waals surface area contributed by atoms with Crippen molar-refractivity contribution in [3.05, 3.63) is 54.2 Å². The third-order valence-electron chi connectivity index (χ3n) is 5.61. The summed E-state index contributed by atoms with van der Waals surface area (Å²) in [6, 6.07) is 9.75. The van der Waals surface area contributed by atoms with Crippen LogP contribution in [0.25, 0.3) is 5.82 Å². The van der Waals surface area contributed by atoms with E-state index >= 15 is 4.39 Å². The molecule has 4 heterocycles. The van der Waals surface area contributed by atoms with Gasteiger partial charge in [-0.15, -0.1) is 5.10 Å². The first-order valence-corrected chi connectivity index (χ1v) is 10.1. The molecule has 0 amide bonds. The van der Waals surface area contributed by atoms with Gasteiger partial charge in [0, 0.05) is 32.4 Å². The molecule has 0 radical (unpaired) electrons. The molecule has 156 valence electrons. The Balaban J connectivity index is 1.33. The minimum Gasteiger partial charge on any atom is -0.378 e. The minimum atomic E-state index is -0.282. The van der Waals surface area contributed by atoms with Gasteiger partial charge in [-0.25, -0.2) is 14.1 Å². The van der Waals surface area contributed by atoms with Gasteiger partial charge < -0.3 is 15.0 Å².